The van der Waals surface area contributed by atoms with Gasteiger partial charge < -0.3 is 19.5 Å². The van der Waals surface area contributed by atoms with Crippen LogP contribution in [0.4, 0.5) is 4.79 Å². The van der Waals surface area contributed by atoms with Gasteiger partial charge in [-0.3, -0.25) is 0 Å². The summed E-state index contributed by atoms with van der Waals surface area (Å²) in [7, 11) is 4.80. The molecule has 2 aromatic rings. The van der Waals surface area contributed by atoms with E-state index in [1.807, 2.05) is 12.3 Å². The van der Waals surface area contributed by atoms with Crippen LogP contribution in [0.2, 0.25) is 0 Å². The van der Waals surface area contributed by atoms with Gasteiger partial charge in [-0.1, -0.05) is 6.07 Å². The van der Waals surface area contributed by atoms with Crippen molar-refractivity contribution < 1.29 is 13.6 Å². The van der Waals surface area contributed by atoms with Crippen LogP contribution in [0.1, 0.15) is 9.68 Å². The van der Waals surface area contributed by atoms with E-state index in [9.17, 15) is 4.79 Å². The minimum atomic E-state index is -2.12. The smallest absolute Gasteiger partial charge is 0.409 e. The van der Waals surface area contributed by atoms with Crippen LogP contribution in [0.5, 0.6) is 5.75 Å². The number of likely N-dealkylation sites (N-methyl/N-ethyl adjacent to an activating group) is 1. The van der Waals surface area contributed by atoms with E-state index in [1.165, 1.54) is 9.80 Å². The fourth-order valence-electron chi connectivity index (χ4n) is 1.98. The first-order valence-electron chi connectivity index (χ1n) is 7.89. The molecular weight excluding hydrogens is 254 g/mol. The highest BCUT2D eigenvalue weighted by molar-refractivity contribution is 5.91. The van der Waals surface area contributed by atoms with E-state index in [4.69, 9.17) is 8.85 Å². The number of fused-ring (bicyclic) bond motifs is 1. The highest BCUT2D eigenvalue weighted by Crippen LogP contribution is 2.29. The van der Waals surface area contributed by atoms with E-state index in [2.05, 4.69) is 4.98 Å². The highest BCUT2D eigenvalue weighted by atomic mass is 16.6. The molecule has 0 saturated carbocycles. The lowest BCUT2D eigenvalue weighted by Gasteiger charge is -2.13. The first-order chi connectivity index (χ1) is 10.7. The van der Waals surface area contributed by atoms with Gasteiger partial charge in [0.15, 0.2) is 0 Å². The van der Waals surface area contributed by atoms with E-state index >= 15 is 0 Å². The number of benzene rings is 1. The zero-order valence-corrected chi connectivity index (χ0v) is 11.9. The summed E-state index contributed by atoms with van der Waals surface area (Å²) in [5.41, 5.74) is 1.76. The number of rotatable bonds is 4. The normalized spacial score (nSPS) is 13.9. The molecular formula is C15H21N3O2. The van der Waals surface area contributed by atoms with Crippen LogP contribution in [0.3, 0.4) is 0 Å². The molecule has 0 unspecified atom stereocenters. The number of H-pyrrole nitrogens is 1. The van der Waals surface area contributed by atoms with Crippen molar-refractivity contribution in [2.24, 2.45) is 0 Å². The number of aromatic nitrogens is 1. The second-order valence-electron chi connectivity index (χ2n) is 4.93. The molecule has 0 aliphatic rings. The zero-order valence-electron chi connectivity index (χ0n) is 14.9. The minimum Gasteiger partial charge on any atom is -0.409 e. The maximum atomic E-state index is 11.8. The summed E-state index contributed by atoms with van der Waals surface area (Å²) in [5.74, 6) is 0.467. The van der Waals surface area contributed by atoms with Crippen molar-refractivity contribution in [2.75, 3.05) is 34.7 Å². The molecule has 1 N–H and O–H groups in total. The number of hydrogen-bond donors (Lipinski definition) is 1. The van der Waals surface area contributed by atoms with Gasteiger partial charge in [0.05, 0.1) is 0 Å². The molecule has 0 atom stereocenters. The second kappa shape index (κ2) is 5.96. The van der Waals surface area contributed by atoms with Gasteiger partial charge in [0.25, 0.3) is 0 Å². The molecule has 2 rings (SSSR count). The number of hydrogen-bond acceptors (Lipinski definition) is 3. The van der Waals surface area contributed by atoms with Gasteiger partial charge >= 0.3 is 6.09 Å². The van der Waals surface area contributed by atoms with Gasteiger partial charge in [-0.2, -0.15) is 0 Å². The summed E-state index contributed by atoms with van der Waals surface area (Å²) in [6.45, 7) is -1.74. The Labute approximate surface area is 123 Å². The lowest BCUT2D eigenvalue weighted by Crippen LogP contribution is -2.25. The monoisotopic (exact) mass is 278 g/mol. The average Bonchev–Trinajstić information content (AvgIpc) is 2.87. The first kappa shape index (κ1) is 10.7. The molecule has 1 amide bonds. The second-order valence-corrected chi connectivity index (χ2v) is 4.93. The molecule has 1 aromatic carbocycles. The van der Waals surface area contributed by atoms with E-state index < -0.39 is 13.1 Å². The van der Waals surface area contributed by atoms with Crippen molar-refractivity contribution in [1.29, 1.82) is 0 Å². The van der Waals surface area contributed by atoms with Crippen molar-refractivity contribution in [3.05, 3.63) is 30.0 Å². The topological polar surface area (TPSA) is 48.6 Å². The number of nitrogens with zero attached hydrogens (tertiary/aromatic N) is 2. The molecule has 0 saturated heterocycles. The van der Waals surface area contributed by atoms with Gasteiger partial charge in [0.1, 0.15) is 5.75 Å². The van der Waals surface area contributed by atoms with Crippen LogP contribution in [0, 0.1) is 0 Å². The number of carbonyl (C=O) groups excluding carboxylic acids is 1. The fraction of sp³-hybridized carbons (Fsp3) is 0.400. The molecule has 1 aromatic heterocycles. The number of carbonyl (C=O) groups is 1. The summed E-state index contributed by atoms with van der Waals surface area (Å²) in [6, 6.07) is 5.42. The molecule has 20 heavy (non-hydrogen) atoms. The average molecular weight is 278 g/mol. The largest absolute Gasteiger partial charge is 0.414 e. The molecule has 0 bridgehead atoms. The summed E-state index contributed by atoms with van der Waals surface area (Å²) in [5, 5.41) is 0.807. The van der Waals surface area contributed by atoms with Crippen LogP contribution in [-0.4, -0.2) is 55.5 Å². The van der Waals surface area contributed by atoms with Gasteiger partial charge in [0, 0.05) is 41.9 Å². The molecule has 5 nitrogen and oxygen atoms in total. The predicted molar refractivity (Wildman–Crippen MR) is 80.3 cm³/mol. The maximum Gasteiger partial charge on any atom is 0.414 e. The highest BCUT2D eigenvalue weighted by Gasteiger charge is 2.13. The molecule has 0 fully saturated rings. The minimum absolute atomic E-state index is 0.374. The number of aromatic amines is 1. The molecule has 5 heteroatoms. The van der Waals surface area contributed by atoms with Crippen LogP contribution in [0.25, 0.3) is 10.9 Å². The Balaban J connectivity index is 2.26. The molecule has 0 spiro atoms. The van der Waals surface area contributed by atoms with Crippen molar-refractivity contribution >= 4 is 17.0 Å². The van der Waals surface area contributed by atoms with Crippen molar-refractivity contribution in [1.82, 2.24) is 14.8 Å². The number of amides is 1. The van der Waals surface area contributed by atoms with Gasteiger partial charge in [-0.25, -0.2) is 4.79 Å². The van der Waals surface area contributed by atoms with E-state index in [0.717, 1.165) is 16.5 Å². The molecule has 0 radical (unpaired) electrons. The molecule has 0 aliphatic carbocycles. The third-order valence-corrected chi connectivity index (χ3v) is 3.03. The van der Waals surface area contributed by atoms with E-state index in [0.29, 0.717) is 18.7 Å². The third-order valence-electron chi connectivity index (χ3n) is 3.03. The Morgan fingerprint density at radius 1 is 1.40 bits per heavy atom. The van der Waals surface area contributed by atoms with Crippen LogP contribution in [0.15, 0.2) is 24.4 Å². The molecule has 0 aliphatic heterocycles. The Kier molecular flexibility index (Phi) is 3.20. The van der Waals surface area contributed by atoms with Crippen LogP contribution < -0.4 is 4.74 Å². The maximum absolute atomic E-state index is 11.8. The Morgan fingerprint density at radius 3 is 2.90 bits per heavy atom. The third kappa shape index (κ3) is 3.11. The molecule has 1 heterocycles. The van der Waals surface area contributed by atoms with Gasteiger partial charge in [-0.05, 0) is 38.1 Å². The van der Waals surface area contributed by atoms with Gasteiger partial charge in [-0.15, -0.1) is 0 Å². The molecule has 108 valence electrons. The fourth-order valence-corrected chi connectivity index (χ4v) is 1.98. The standard InChI is InChI=1S/C15H21N3O2/c1-17(2)9-8-11-10-16-12-6-5-7-13(14(11)12)20-15(19)18(3)4/h5-7,10,16H,8-9H2,1-4H3/i1D3. The SMILES string of the molecule is [2H]C([2H])([2H])N(C)CCc1c[nH]c2cccc(OC(=O)N(C)C)c12. The summed E-state index contributed by atoms with van der Waals surface area (Å²) in [6.07, 6.45) is 1.90. The van der Waals surface area contributed by atoms with Crippen LogP contribution in [-0.2, 0) is 6.42 Å². The first-order valence-corrected chi connectivity index (χ1v) is 6.39. The summed E-state index contributed by atoms with van der Waals surface area (Å²) in [4.78, 5) is 17.6. The Hall–Kier alpha value is -2.01. The Morgan fingerprint density at radius 2 is 2.20 bits per heavy atom. The Bertz CT molecular complexity index is 695. The zero-order chi connectivity index (χ0) is 17.2. The van der Waals surface area contributed by atoms with Crippen LogP contribution >= 0.6 is 0 Å². The lowest BCUT2D eigenvalue weighted by molar-refractivity contribution is 0.172. The van der Waals surface area contributed by atoms with Crippen molar-refractivity contribution in [3.63, 3.8) is 0 Å². The van der Waals surface area contributed by atoms with Crippen molar-refractivity contribution in [3.8, 4) is 5.75 Å². The number of nitrogens with one attached hydrogen (secondary N) is 1. The summed E-state index contributed by atoms with van der Waals surface area (Å²) < 4.78 is 27.6. The summed E-state index contributed by atoms with van der Waals surface area (Å²) >= 11 is 0. The van der Waals surface area contributed by atoms with Gasteiger partial charge in [0.2, 0.25) is 0 Å². The number of ether oxygens (including phenoxy) is 1. The lowest BCUT2D eigenvalue weighted by atomic mass is 10.1. The van der Waals surface area contributed by atoms with E-state index in [1.54, 1.807) is 33.3 Å². The van der Waals surface area contributed by atoms with E-state index in [-0.39, 0.29) is 0 Å². The quantitative estimate of drug-likeness (QED) is 0.934. The predicted octanol–water partition coefficient (Wildman–Crippen LogP) is 2.33. The van der Waals surface area contributed by atoms with Crippen molar-refractivity contribution in [2.45, 2.75) is 6.42 Å².